The number of rotatable bonds is 1. The van der Waals surface area contributed by atoms with E-state index in [0.717, 1.165) is 0 Å². The lowest BCUT2D eigenvalue weighted by molar-refractivity contribution is -0.241. The average Bonchev–Trinajstić information content (AvgIpc) is 2.49. The lowest BCUT2D eigenvalue weighted by atomic mass is 10.0. The summed E-state index contributed by atoms with van der Waals surface area (Å²) in [6, 6.07) is 0. The Morgan fingerprint density at radius 2 is 1.83 bits per heavy atom. The molecule has 0 aromatic rings. The van der Waals surface area contributed by atoms with E-state index in [1.54, 1.807) is 13.8 Å². The molecule has 0 bridgehead atoms. The van der Waals surface area contributed by atoms with Crippen LogP contribution in [0.3, 0.4) is 0 Å². The summed E-state index contributed by atoms with van der Waals surface area (Å²) >= 11 is 0. The Bertz CT molecular complexity index is 344. The molecule has 0 saturated carbocycles. The molecular weight excluding hydrogens is 236 g/mol. The number of hydrogen-bond donors (Lipinski definition) is 0. The van der Waals surface area contributed by atoms with Gasteiger partial charge in [0.25, 0.3) is 0 Å². The van der Waals surface area contributed by atoms with Crippen molar-refractivity contribution in [2.75, 3.05) is 0 Å². The third-order valence-corrected chi connectivity index (χ3v) is 2.90. The van der Waals surface area contributed by atoms with E-state index in [9.17, 15) is 4.79 Å². The van der Waals surface area contributed by atoms with Crippen molar-refractivity contribution in [2.24, 2.45) is 0 Å². The Balaban J connectivity index is 2.14. The summed E-state index contributed by atoms with van der Waals surface area (Å²) in [6.45, 7) is 11.1. The van der Waals surface area contributed by atoms with Gasteiger partial charge in [0.1, 0.15) is 6.10 Å². The van der Waals surface area contributed by atoms with Crippen LogP contribution in [0.2, 0.25) is 0 Å². The summed E-state index contributed by atoms with van der Waals surface area (Å²) in [7, 11) is 0. The van der Waals surface area contributed by atoms with Crippen LogP contribution in [-0.4, -0.2) is 41.8 Å². The molecule has 2 heterocycles. The van der Waals surface area contributed by atoms with Crippen molar-refractivity contribution < 1.29 is 23.7 Å². The van der Waals surface area contributed by atoms with E-state index in [4.69, 9.17) is 18.9 Å². The number of ketones is 1. The Morgan fingerprint density at radius 1 is 1.22 bits per heavy atom. The van der Waals surface area contributed by atoms with E-state index in [1.165, 1.54) is 0 Å². The minimum Gasteiger partial charge on any atom is -0.341 e. The zero-order valence-corrected chi connectivity index (χ0v) is 11.9. The normalized spacial score (nSPS) is 39.8. The quantitative estimate of drug-likeness (QED) is 0.715. The maximum absolute atomic E-state index is 12.3. The summed E-state index contributed by atoms with van der Waals surface area (Å²) in [5, 5.41) is 0. The first-order valence-electron chi connectivity index (χ1n) is 6.32. The molecule has 104 valence electrons. The van der Waals surface area contributed by atoms with E-state index in [-0.39, 0.29) is 18.0 Å². The van der Waals surface area contributed by atoms with Gasteiger partial charge in [0.2, 0.25) is 12.1 Å². The van der Waals surface area contributed by atoms with Gasteiger partial charge in [-0.15, -0.1) is 0 Å². The summed E-state index contributed by atoms with van der Waals surface area (Å²) in [6.07, 6.45) is -2.07. The number of hydrogen-bond acceptors (Lipinski definition) is 5. The number of ether oxygens (including phenoxy) is 4. The molecule has 4 atom stereocenters. The largest absolute Gasteiger partial charge is 0.341 e. The molecule has 1 unspecified atom stereocenters. The molecule has 0 aromatic heterocycles. The van der Waals surface area contributed by atoms with Crippen molar-refractivity contribution in [2.45, 2.75) is 77.5 Å². The molecule has 2 rings (SSSR count). The molecule has 0 spiro atoms. The molecule has 0 aromatic carbocycles. The molecule has 2 saturated heterocycles. The fourth-order valence-corrected chi connectivity index (χ4v) is 2.23. The van der Waals surface area contributed by atoms with Gasteiger partial charge in [-0.1, -0.05) is 0 Å². The Morgan fingerprint density at radius 3 is 2.39 bits per heavy atom. The monoisotopic (exact) mass is 258 g/mol. The highest BCUT2D eigenvalue weighted by molar-refractivity contribution is 5.88. The van der Waals surface area contributed by atoms with Gasteiger partial charge in [0.15, 0.2) is 11.9 Å². The van der Waals surface area contributed by atoms with Crippen LogP contribution < -0.4 is 0 Å². The van der Waals surface area contributed by atoms with Gasteiger partial charge in [-0.3, -0.25) is 4.79 Å². The van der Waals surface area contributed by atoms with Crippen molar-refractivity contribution in [3.05, 3.63) is 0 Å². The van der Waals surface area contributed by atoms with Crippen LogP contribution in [0, 0.1) is 0 Å². The number of carbonyl (C=O) groups excluding carboxylic acids is 1. The van der Waals surface area contributed by atoms with Gasteiger partial charge in [-0.05, 0) is 41.5 Å². The Labute approximate surface area is 108 Å². The molecule has 0 amide bonds. The second kappa shape index (κ2) is 4.27. The summed E-state index contributed by atoms with van der Waals surface area (Å²) in [4.78, 5) is 12.3. The molecule has 18 heavy (non-hydrogen) atoms. The van der Waals surface area contributed by atoms with E-state index in [2.05, 4.69) is 0 Å². The highest BCUT2D eigenvalue weighted by Crippen LogP contribution is 2.36. The van der Waals surface area contributed by atoms with Crippen LogP contribution in [-0.2, 0) is 23.7 Å². The fraction of sp³-hybridized carbons (Fsp3) is 0.923. The first-order chi connectivity index (χ1) is 8.09. The zero-order valence-electron chi connectivity index (χ0n) is 11.9. The maximum Gasteiger partial charge on any atom is 0.221 e. The predicted octanol–water partition coefficient (Wildman–Crippen LogP) is 1.64. The topological polar surface area (TPSA) is 54.0 Å². The van der Waals surface area contributed by atoms with Crippen molar-refractivity contribution in [3.8, 4) is 0 Å². The SMILES string of the molecule is C[C@H]1OC(OC(C)(C)C)C(=O)[C@H]2OC(C)(C)O[C@H]21. The lowest BCUT2D eigenvalue weighted by Crippen LogP contribution is -2.54. The van der Waals surface area contributed by atoms with Gasteiger partial charge in [-0.25, -0.2) is 0 Å². The second-order valence-corrected chi connectivity index (χ2v) is 6.33. The number of fused-ring (bicyclic) bond motifs is 1. The van der Waals surface area contributed by atoms with Gasteiger partial charge in [0.05, 0.1) is 11.7 Å². The average molecular weight is 258 g/mol. The number of Topliss-reactive ketones (excluding diaryl/α,β-unsaturated/α-hetero) is 1. The molecule has 5 heteroatoms. The summed E-state index contributed by atoms with van der Waals surface area (Å²) < 4.78 is 22.6. The van der Waals surface area contributed by atoms with Crippen LogP contribution in [0.15, 0.2) is 0 Å². The summed E-state index contributed by atoms with van der Waals surface area (Å²) in [5.41, 5.74) is -0.443. The van der Waals surface area contributed by atoms with Gasteiger partial charge in [-0.2, -0.15) is 0 Å². The molecule has 0 radical (unpaired) electrons. The van der Waals surface area contributed by atoms with Gasteiger partial charge in [0, 0.05) is 0 Å². The van der Waals surface area contributed by atoms with Gasteiger partial charge >= 0.3 is 0 Å². The van der Waals surface area contributed by atoms with Crippen LogP contribution in [0.5, 0.6) is 0 Å². The maximum atomic E-state index is 12.3. The molecule has 0 N–H and O–H groups in total. The Kier molecular flexibility index (Phi) is 3.30. The van der Waals surface area contributed by atoms with E-state index in [1.807, 2.05) is 27.7 Å². The second-order valence-electron chi connectivity index (χ2n) is 6.33. The van der Waals surface area contributed by atoms with Gasteiger partial charge < -0.3 is 18.9 Å². The highest BCUT2D eigenvalue weighted by atomic mass is 16.8. The van der Waals surface area contributed by atoms with Crippen molar-refractivity contribution in [3.63, 3.8) is 0 Å². The fourth-order valence-electron chi connectivity index (χ4n) is 2.23. The lowest BCUT2D eigenvalue weighted by Gasteiger charge is -2.36. The molecule has 5 nitrogen and oxygen atoms in total. The zero-order chi connectivity index (χ0) is 13.7. The molecule has 2 aliphatic rings. The first kappa shape index (κ1) is 13.9. The van der Waals surface area contributed by atoms with E-state index < -0.39 is 23.8 Å². The minimum absolute atomic E-state index is 0.196. The van der Waals surface area contributed by atoms with Crippen LogP contribution >= 0.6 is 0 Å². The van der Waals surface area contributed by atoms with Crippen LogP contribution in [0.25, 0.3) is 0 Å². The van der Waals surface area contributed by atoms with E-state index >= 15 is 0 Å². The molecular formula is C13H22O5. The smallest absolute Gasteiger partial charge is 0.221 e. The standard InChI is InChI=1S/C13H22O5/c1-7-9-10(17-13(5,6)16-9)8(14)11(15-7)18-12(2,3)4/h7,9-11H,1-6H3/t7-,9+,10-,11?/m1/s1. The van der Waals surface area contributed by atoms with E-state index in [0.29, 0.717) is 0 Å². The Hall–Kier alpha value is -0.490. The van der Waals surface area contributed by atoms with Crippen molar-refractivity contribution in [1.82, 2.24) is 0 Å². The van der Waals surface area contributed by atoms with Crippen LogP contribution in [0.1, 0.15) is 41.5 Å². The third kappa shape index (κ3) is 2.74. The van der Waals surface area contributed by atoms with Crippen molar-refractivity contribution in [1.29, 1.82) is 0 Å². The first-order valence-corrected chi connectivity index (χ1v) is 6.32. The summed E-state index contributed by atoms with van der Waals surface area (Å²) in [5.74, 6) is -0.946. The predicted molar refractivity (Wildman–Crippen MR) is 64.0 cm³/mol. The molecule has 2 aliphatic heterocycles. The molecule has 0 aliphatic carbocycles. The van der Waals surface area contributed by atoms with Crippen molar-refractivity contribution >= 4 is 5.78 Å². The van der Waals surface area contributed by atoms with Crippen LogP contribution in [0.4, 0.5) is 0 Å². The highest BCUT2D eigenvalue weighted by Gasteiger charge is 2.54. The molecule has 2 fully saturated rings. The minimum atomic E-state index is -0.876. The third-order valence-electron chi connectivity index (χ3n) is 2.90. The number of carbonyl (C=O) groups is 1.